The van der Waals surface area contributed by atoms with E-state index in [-0.39, 0.29) is 12.5 Å². The molecule has 2 aromatic rings. The highest BCUT2D eigenvalue weighted by Crippen LogP contribution is 2.24. The van der Waals surface area contributed by atoms with Crippen molar-refractivity contribution in [2.45, 2.75) is 31.7 Å². The summed E-state index contributed by atoms with van der Waals surface area (Å²) in [4.78, 5) is 11.6. The van der Waals surface area contributed by atoms with Crippen LogP contribution < -0.4 is 10.0 Å². The average Bonchev–Trinajstić information content (AvgIpc) is 2.84. The zero-order chi connectivity index (χ0) is 16.6. The van der Waals surface area contributed by atoms with Crippen LogP contribution in [0.4, 0.5) is 5.69 Å². The lowest BCUT2D eigenvalue weighted by atomic mass is 10.1. The first-order chi connectivity index (χ1) is 10.8. The Morgan fingerprint density at radius 3 is 2.65 bits per heavy atom. The van der Waals surface area contributed by atoms with Gasteiger partial charge < -0.3 is 5.32 Å². The van der Waals surface area contributed by atoms with Gasteiger partial charge in [-0.2, -0.15) is 0 Å². The van der Waals surface area contributed by atoms with Crippen LogP contribution in [-0.2, 0) is 27.8 Å². The van der Waals surface area contributed by atoms with Gasteiger partial charge in [0.1, 0.15) is 0 Å². The molecule has 23 heavy (non-hydrogen) atoms. The molecule has 0 bridgehead atoms. The Bertz CT molecular complexity index is 889. The zero-order valence-corrected chi connectivity index (χ0v) is 13.8. The number of carbonyl (C=O) groups excluding carboxylic acids is 1. The van der Waals surface area contributed by atoms with Crippen LogP contribution in [0.25, 0.3) is 0 Å². The third-order valence-electron chi connectivity index (χ3n) is 3.88. The fourth-order valence-electron chi connectivity index (χ4n) is 2.75. The van der Waals surface area contributed by atoms with Gasteiger partial charge in [0.2, 0.25) is 15.9 Å². The van der Waals surface area contributed by atoms with Gasteiger partial charge in [-0.15, -0.1) is 0 Å². The Hall–Kier alpha value is -2.18. The standard InChI is InChI=1S/C17H18N2O3S/c1-11-3-6-16(12(2)7-11)23(21,22)18-10-13-4-5-15-14(8-13)9-17(20)19-15/h3-8,18H,9-10H2,1-2H3,(H,19,20). The number of hydrogen-bond donors (Lipinski definition) is 2. The van der Waals surface area contributed by atoms with E-state index in [9.17, 15) is 13.2 Å². The first-order valence-corrected chi connectivity index (χ1v) is 8.82. The van der Waals surface area contributed by atoms with Gasteiger partial charge in [-0.25, -0.2) is 13.1 Å². The minimum Gasteiger partial charge on any atom is -0.326 e. The molecule has 0 saturated carbocycles. The number of aryl methyl sites for hydroxylation is 2. The molecule has 1 aliphatic heterocycles. The Balaban J connectivity index is 1.77. The van der Waals surface area contributed by atoms with Crippen molar-refractivity contribution in [2.24, 2.45) is 0 Å². The summed E-state index contributed by atoms with van der Waals surface area (Å²) in [5.41, 5.74) is 4.28. The molecule has 2 aromatic carbocycles. The number of sulfonamides is 1. The number of anilines is 1. The van der Waals surface area contributed by atoms with Crippen molar-refractivity contribution in [1.82, 2.24) is 4.72 Å². The summed E-state index contributed by atoms with van der Waals surface area (Å²) in [7, 11) is -3.56. The highest BCUT2D eigenvalue weighted by molar-refractivity contribution is 7.89. The largest absolute Gasteiger partial charge is 0.326 e. The summed E-state index contributed by atoms with van der Waals surface area (Å²) >= 11 is 0. The van der Waals surface area contributed by atoms with E-state index in [0.29, 0.717) is 11.3 Å². The van der Waals surface area contributed by atoms with E-state index in [1.807, 2.05) is 25.1 Å². The summed E-state index contributed by atoms with van der Waals surface area (Å²) in [5.74, 6) is -0.0342. The van der Waals surface area contributed by atoms with Gasteiger partial charge in [-0.1, -0.05) is 29.8 Å². The van der Waals surface area contributed by atoms with Gasteiger partial charge in [0.15, 0.2) is 0 Å². The molecule has 6 heteroatoms. The Labute approximate surface area is 135 Å². The second-order valence-corrected chi connectivity index (χ2v) is 7.55. The lowest BCUT2D eigenvalue weighted by Gasteiger charge is -2.10. The van der Waals surface area contributed by atoms with E-state index in [4.69, 9.17) is 0 Å². The topological polar surface area (TPSA) is 75.3 Å². The van der Waals surface area contributed by atoms with E-state index in [0.717, 1.165) is 27.9 Å². The first kappa shape index (κ1) is 15.7. The van der Waals surface area contributed by atoms with E-state index < -0.39 is 10.0 Å². The molecule has 0 fully saturated rings. The molecule has 1 heterocycles. The molecule has 0 unspecified atom stereocenters. The predicted octanol–water partition coefficient (Wildman–Crippen LogP) is 2.28. The minimum atomic E-state index is -3.56. The molecular weight excluding hydrogens is 312 g/mol. The maximum atomic E-state index is 12.4. The minimum absolute atomic E-state index is 0.0342. The molecule has 5 nitrogen and oxygen atoms in total. The van der Waals surface area contributed by atoms with E-state index >= 15 is 0 Å². The lowest BCUT2D eigenvalue weighted by molar-refractivity contribution is -0.115. The summed E-state index contributed by atoms with van der Waals surface area (Å²) in [6, 6.07) is 10.7. The zero-order valence-electron chi connectivity index (χ0n) is 13.0. The Morgan fingerprint density at radius 1 is 1.13 bits per heavy atom. The van der Waals surface area contributed by atoms with Gasteiger partial charge in [-0.05, 0) is 42.7 Å². The third kappa shape index (κ3) is 3.28. The molecule has 0 saturated heterocycles. The van der Waals surface area contributed by atoms with Crippen LogP contribution in [0.15, 0.2) is 41.3 Å². The van der Waals surface area contributed by atoms with Gasteiger partial charge in [-0.3, -0.25) is 4.79 Å². The van der Waals surface area contributed by atoms with Crippen LogP contribution in [0, 0.1) is 13.8 Å². The van der Waals surface area contributed by atoms with E-state index in [1.54, 1.807) is 25.1 Å². The number of hydrogen-bond acceptors (Lipinski definition) is 3. The fraction of sp³-hybridized carbons (Fsp3) is 0.235. The summed E-state index contributed by atoms with van der Waals surface area (Å²) in [5, 5.41) is 2.76. The molecule has 2 N–H and O–H groups in total. The van der Waals surface area contributed by atoms with Gasteiger partial charge in [0.05, 0.1) is 11.3 Å². The highest BCUT2D eigenvalue weighted by atomic mass is 32.2. The number of fused-ring (bicyclic) bond motifs is 1. The third-order valence-corrected chi connectivity index (χ3v) is 5.44. The molecule has 0 aliphatic carbocycles. The van der Waals surface area contributed by atoms with E-state index in [2.05, 4.69) is 10.0 Å². The molecule has 3 rings (SSSR count). The van der Waals surface area contributed by atoms with Crippen molar-refractivity contribution in [2.75, 3.05) is 5.32 Å². The van der Waals surface area contributed by atoms with Crippen molar-refractivity contribution in [3.63, 3.8) is 0 Å². The summed E-state index contributed by atoms with van der Waals surface area (Å²) in [6.45, 7) is 3.90. The highest BCUT2D eigenvalue weighted by Gasteiger charge is 2.19. The van der Waals surface area contributed by atoms with Gasteiger partial charge >= 0.3 is 0 Å². The molecule has 0 atom stereocenters. The normalized spacial score (nSPS) is 13.7. The van der Waals surface area contributed by atoms with Gasteiger partial charge in [0.25, 0.3) is 0 Å². The first-order valence-electron chi connectivity index (χ1n) is 7.34. The van der Waals surface area contributed by atoms with Crippen molar-refractivity contribution in [1.29, 1.82) is 0 Å². The van der Waals surface area contributed by atoms with Crippen LogP contribution in [-0.4, -0.2) is 14.3 Å². The maximum Gasteiger partial charge on any atom is 0.241 e. The monoisotopic (exact) mass is 330 g/mol. The molecule has 1 amide bonds. The van der Waals surface area contributed by atoms with Crippen molar-refractivity contribution in [3.05, 3.63) is 58.7 Å². The van der Waals surface area contributed by atoms with Crippen molar-refractivity contribution in [3.8, 4) is 0 Å². The second-order valence-electron chi connectivity index (χ2n) is 5.81. The van der Waals surface area contributed by atoms with Crippen LogP contribution >= 0.6 is 0 Å². The summed E-state index contributed by atoms with van der Waals surface area (Å²) in [6.07, 6.45) is 0.340. The maximum absolute atomic E-state index is 12.4. The quantitative estimate of drug-likeness (QED) is 0.903. The smallest absolute Gasteiger partial charge is 0.241 e. The molecule has 0 radical (unpaired) electrons. The molecule has 0 spiro atoms. The van der Waals surface area contributed by atoms with E-state index in [1.165, 1.54) is 0 Å². The van der Waals surface area contributed by atoms with Crippen LogP contribution in [0.2, 0.25) is 0 Å². The number of amides is 1. The summed E-state index contributed by atoms with van der Waals surface area (Å²) < 4.78 is 27.5. The fourth-order valence-corrected chi connectivity index (χ4v) is 3.99. The van der Waals surface area contributed by atoms with Crippen molar-refractivity contribution >= 4 is 21.6 Å². The predicted molar refractivity (Wildman–Crippen MR) is 88.7 cm³/mol. The Morgan fingerprint density at radius 2 is 1.91 bits per heavy atom. The van der Waals surface area contributed by atoms with Crippen molar-refractivity contribution < 1.29 is 13.2 Å². The number of carbonyl (C=O) groups is 1. The number of rotatable bonds is 4. The second kappa shape index (κ2) is 5.79. The molecule has 120 valence electrons. The number of nitrogens with one attached hydrogen (secondary N) is 2. The SMILES string of the molecule is Cc1ccc(S(=O)(=O)NCc2ccc3c(c2)CC(=O)N3)c(C)c1. The Kier molecular flexibility index (Phi) is 3.95. The van der Waals surface area contributed by atoms with Crippen LogP contribution in [0.3, 0.4) is 0 Å². The molecule has 1 aliphatic rings. The lowest BCUT2D eigenvalue weighted by Crippen LogP contribution is -2.24. The number of benzene rings is 2. The average molecular weight is 330 g/mol. The van der Waals surface area contributed by atoms with Crippen LogP contribution in [0.1, 0.15) is 22.3 Å². The molecular formula is C17H18N2O3S. The van der Waals surface area contributed by atoms with Crippen LogP contribution in [0.5, 0.6) is 0 Å². The van der Waals surface area contributed by atoms with Gasteiger partial charge in [0, 0.05) is 12.2 Å². The molecule has 0 aromatic heterocycles.